The van der Waals surface area contributed by atoms with Crippen LogP contribution in [0.15, 0.2) is 0 Å². The number of amides is 4. The maximum atomic E-state index is 12.6. The third-order valence-corrected chi connectivity index (χ3v) is 4.12. The van der Waals surface area contributed by atoms with Crippen LogP contribution < -0.4 is 0 Å². The van der Waals surface area contributed by atoms with Gasteiger partial charge in [0.05, 0.1) is 0 Å². The molecule has 0 N–H and O–H groups in total. The molecule has 0 aromatic rings. The third kappa shape index (κ3) is 7.12. The number of nitrogens with zero attached hydrogens (tertiary/aromatic N) is 2. The highest BCUT2D eigenvalue weighted by atomic mass is 19.4. The number of imide groups is 2. The van der Waals surface area contributed by atoms with Crippen LogP contribution in [0.2, 0.25) is 0 Å². The molecule has 0 unspecified atom stereocenters. The van der Waals surface area contributed by atoms with Gasteiger partial charge < -0.3 is 0 Å². The Morgan fingerprint density at radius 3 is 1.21 bits per heavy atom. The monoisotopic (exact) mass is 418 g/mol. The molecule has 1 saturated heterocycles. The molecule has 0 radical (unpaired) electrons. The number of rotatable bonds is 0. The second kappa shape index (κ2) is 9.87. The van der Waals surface area contributed by atoms with Crippen molar-refractivity contribution in [2.45, 2.75) is 63.7 Å². The average molecular weight is 418 g/mol. The zero-order chi connectivity index (χ0) is 21.5. The Kier molecular flexibility index (Phi) is 8.43. The number of hydrogen-bond acceptors (Lipinski definition) is 4. The van der Waals surface area contributed by atoms with E-state index in [0.717, 1.165) is 0 Å². The van der Waals surface area contributed by atoms with Crippen LogP contribution in [-0.2, 0) is 19.2 Å². The highest BCUT2D eigenvalue weighted by Crippen LogP contribution is 2.22. The summed E-state index contributed by atoms with van der Waals surface area (Å²) in [5, 5.41) is 0. The van der Waals surface area contributed by atoms with Crippen molar-refractivity contribution in [3.8, 4) is 0 Å². The summed E-state index contributed by atoms with van der Waals surface area (Å²) in [6.07, 6.45) is -11.1. The smallest absolute Gasteiger partial charge is 0.275 e. The number of carbonyl (C=O) groups is 4. The fourth-order valence-electron chi connectivity index (χ4n) is 2.70. The van der Waals surface area contributed by atoms with Crippen molar-refractivity contribution in [2.24, 2.45) is 0 Å². The van der Waals surface area contributed by atoms with Gasteiger partial charge in [-0.25, -0.2) is 0 Å². The largest absolute Gasteiger partial charge is 0.471 e. The van der Waals surface area contributed by atoms with Crippen LogP contribution in [0, 0.1) is 0 Å². The molecule has 160 valence electrons. The molecule has 1 fully saturated rings. The van der Waals surface area contributed by atoms with Gasteiger partial charge in [-0.15, -0.1) is 0 Å². The minimum atomic E-state index is -5.20. The van der Waals surface area contributed by atoms with E-state index in [9.17, 15) is 45.5 Å². The molecule has 0 aromatic carbocycles. The SMILES string of the molecule is O=C1CCCCCN(C(=O)C(F)(F)F)C(=O)CCCCCN1C(=O)C(F)(F)F. The van der Waals surface area contributed by atoms with Gasteiger partial charge in [-0.05, 0) is 25.7 Å². The minimum Gasteiger partial charge on any atom is -0.275 e. The van der Waals surface area contributed by atoms with E-state index in [-0.39, 0.29) is 48.3 Å². The van der Waals surface area contributed by atoms with Crippen LogP contribution in [-0.4, -0.2) is 58.9 Å². The molecular formula is C16H20F6N2O4. The molecule has 0 aromatic heterocycles. The maximum absolute atomic E-state index is 12.6. The molecule has 1 heterocycles. The lowest BCUT2D eigenvalue weighted by atomic mass is 10.1. The first kappa shape index (κ1) is 23.9. The van der Waals surface area contributed by atoms with Crippen molar-refractivity contribution in [1.82, 2.24) is 9.80 Å². The molecule has 1 aliphatic heterocycles. The Bertz CT molecular complexity index is 551. The van der Waals surface area contributed by atoms with Crippen LogP contribution in [0.5, 0.6) is 0 Å². The van der Waals surface area contributed by atoms with Crippen LogP contribution in [0.3, 0.4) is 0 Å². The summed E-state index contributed by atoms with van der Waals surface area (Å²) in [5.74, 6) is -6.55. The summed E-state index contributed by atoms with van der Waals surface area (Å²) < 4.78 is 75.8. The zero-order valence-corrected chi connectivity index (χ0v) is 14.9. The number of halogens is 6. The molecule has 12 heteroatoms. The molecule has 1 aliphatic rings. The molecule has 0 bridgehead atoms. The van der Waals surface area contributed by atoms with Crippen molar-refractivity contribution in [1.29, 1.82) is 0 Å². The van der Waals surface area contributed by atoms with Gasteiger partial charge in [0.2, 0.25) is 11.8 Å². The Morgan fingerprint density at radius 2 is 0.929 bits per heavy atom. The molecule has 4 amide bonds. The lowest BCUT2D eigenvalue weighted by Gasteiger charge is -2.24. The van der Waals surface area contributed by atoms with Crippen molar-refractivity contribution in [2.75, 3.05) is 13.1 Å². The first-order valence-electron chi connectivity index (χ1n) is 8.68. The first-order valence-corrected chi connectivity index (χ1v) is 8.68. The molecule has 0 spiro atoms. The first-order chi connectivity index (χ1) is 12.9. The van der Waals surface area contributed by atoms with E-state index in [1.54, 1.807) is 0 Å². The third-order valence-electron chi connectivity index (χ3n) is 4.12. The standard InChI is InChI=1S/C16H20F6N2O4/c17-15(18,19)13(27)23-9-5-1-3-7-11(25)24(14(28)16(20,21)22)10-6-2-4-8-12(23)26/h1-10H2. The van der Waals surface area contributed by atoms with Crippen molar-refractivity contribution >= 4 is 23.6 Å². The normalized spacial score (nSPS) is 19.4. The number of hydrogen-bond donors (Lipinski definition) is 0. The lowest BCUT2D eigenvalue weighted by Crippen LogP contribution is -2.46. The van der Waals surface area contributed by atoms with Gasteiger partial charge in [-0.1, -0.05) is 12.8 Å². The Balaban J connectivity index is 2.83. The second-order valence-electron chi connectivity index (χ2n) is 6.32. The Morgan fingerprint density at radius 1 is 0.607 bits per heavy atom. The van der Waals surface area contributed by atoms with E-state index in [2.05, 4.69) is 0 Å². The number of alkyl halides is 6. The molecule has 1 rings (SSSR count). The Labute approximate surface area is 156 Å². The summed E-state index contributed by atoms with van der Waals surface area (Å²) in [7, 11) is 0. The lowest BCUT2D eigenvalue weighted by molar-refractivity contribution is -0.188. The quantitative estimate of drug-likeness (QED) is 0.567. The predicted molar refractivity (Wildman–Crippen MR) is 82.5 cm³/mol. The molecular weight excluding hydrogens is 398 g/mol. The van der Waals surface area contributed by atoms with Gasteiger partial charge in [0.25, 0.3) is 0 Å². The van der Waals surface area contributed by atoms with E-state index >= 15 is 0 Å². The van der Waals surface area contributed by atoms with E-state index < -0.39 is 61.9 Å². The van der Waals surface area contributed by atoms with Gasteiger partial charge in [0.15, 0.2) is 0 Å². The fraction of sp³-hybridized carbons (Fsp3) is 0.750. The van der Waals surface area contributed by atoms with Gasteiger partial charge in [-0.3, -0.25) is 29.0 Å². The van der Waals surface area contributed by atoms with Crippen molar-refractivity contribution in [3.63, 3.8) is 0 Å². The van der Waals surface area contributed by atoms with E-state index in [1.165, 1.54) is 0 Å². The summed E-state index contributed by atoms with van der Waals surface area (Å²) >= 11 is 0. The molecule has 0 saturated carbocycles. The molecule has 28 heavy (non-hydrogen) atoms. The zero-order valence-electron chi connectivity index (χ0n) is 14.9. The Hall–Kier alpha value is -2.14. The topological polar surface area (TPSA) is 74.8 Å². The van der Waals surface area contributed by atoms with Crippen LogP contribution in [0.4, 0.5) is 26.3 Å². The highest BCUT2D eigenvalue weighted by molar-refractivity contribution is 5.98. The summed E-state index contributed by atoms with van der Waals surface area (Å²) in [6.45, 7) is -1.01. The van der Waals surface area contributed by atoms with Gasteiger partial charge >= 0.3 is 24.2 Å². The second-order valence-corrected chi connectivity index (χ2v) is 6.32. The summed E-state index contributed by atoms with van der Waals surface area (Å²) in [4.78, 5) is 47.0. The van der Waals surface area contributed by atoms with Crippen molar-refractivity contribution in [3.05, 3.63) is 0 Å². The van der Waals surface area contributed by atoms with Gasteiger partial charge in [0, 0.05) is 25.9 Å². The highest BCUT2D eigenvalue weighted by Gasteiger charge is 2.45. The predicted octanol–water partition coefficient (Wildman–Crippen LogP) is 2.96. The maximum Gasteiger partial charge on any atom is 0.471 e. The van der Waals surface area contributed by atoms with Crippen molar-refractivity contribution < 1.29 is 45.5 Å². The van der Waals surface area contributed by atoms with E-state index in [0.29, 0.717) is 0 Å². The van der Waals surface area contributed by atoms with E-state index in [1.807, 2.05) is 0 Å². The molecule has 0 atom stereocenters. The summed E-state index contributed by atoms with van der Waals surface area (Å²) in [5.41, 5.74) is 0. The van der Waals surface area contributed by atoms with Gasteiger partial charge in [0.1, 0.15) is 0 Å². The molecule has 0 aliphatic carbocycles. The van der Waals surface area contributed by atoms with Crippen LogP contribution >= 0.6 is 0 Å². The molecule has 6 nitrogen and oxygen atoms in total. The van der Waals surface area contributed by atoms with Gasteiger partial charge in [-0.2, -0.15) is 26.3 Å². The minimum absolute atomic E-state index is 0.00269. The van der Waals surface area contributed by atoms with E-state index in [4.69, 9.17) is 0 Å². The fourth-order valence-corrected chi connectivity index (χ4v) is 2.70. The number of carbonyl (C=O) groups excluding carboxylic acids is 4. The average Bonchev–Trinajstić information content (AvgIpc) is 2.57. The summed E-state index contributed by atoms with van der Waals surface area (Å²) in [6, 6.07) is 0. The van der Waals surface area contributed by atoms with Crippen LogP contribution in [0.25, 0.3) is 0 Å². The van der Waals surface area contributed by atoms with Crippen LogP contribution in [0.1, 0.15) is 51.4 Å².